The van der Waals surface area contributed by atoms with E-state index in [0.717, 1.165) is 44.9 Å². The van der Waals surface area contributed by atoms with E-state index < -0.39 is 17.8 Å². The van der Waals surface area contributed by atoms with Crippen LogP contribution in [0, 0.1) is 23.2 Å². The fourth-order valence-electron chi connectivity index (χ4n) is 7.59. The molecule has 0 radical (unpaired) electrons. The summed E-state index contributed by atoms with van der Waals surface area (Å²) in [5, 5.41) is 3.33. The zero-order valence-corrected chi connectivity index (χ0v) is 17.0. The first-order valence-corrected chi connectivity index (χ1v) is 11.3. The first-order valence-electron chi connectivity index (χ1n) is 11.3. The van der Waals surface area contributed by atoms with Crippen molar-refractivity contribution >= 4 is 5.91 Å². The average molecular weight is 403 g/mol. The lowest BCUT2D eigenvalue weighted by atomic mass is 9.40. The van der Waals surface area contributed by atoms with Gasteiger partial charge in [0, 0.05) is 18.0 Å². The Kier molecular flexibility index (Phi) is 4.73. The number of rotatable bonds is 4. The van der Waals surface area contributed by atoms with Crippen LogP contribution in [0.3, 0.4) is 0 Å². The Balaban J connectivity index is 1.44. The molecule has 1 aromatic carbocycles. The van der Waals surface area contributed by atoms with Gasteiger partial charge in [0.15, 0.2) is 0 Å². The van der Waals surface area contributed by atoms with Crippen LogP contribution in [0.25, 0.3) is 0 Å². The molecule has 1 aromatic rings. The third kappa shape index (κ3) is 3.20. The summed E-state index contributed by atoms with van der Waals surface area (Å²) in [6, 6.07) is 10.8. The fraction of sp³-hybridized carbons (Fsp3) is 0.708. The Bertz CT molecular complexity index is 743. The highest BCUT2D eigenvalue weighted by Gasteiger charge is 2.65. The fourth-order valence-corrected chi connectivity index (χ4v) is 7.59. The highest BCUT2D eigenvalue weighted by atomic mass is 19.3. The van der Waals surface area contributed by atoms with Crippen LogP contribution < -0.4 is 11.1 Å². The minimum absolute atomic E-state index is 0.0537. The Morgan fingerprint density at radius 2 is 1.62 bits per heavy atom. The maximum absolute atomic E-state index is 13.9. The van der Waals surface area contributed by atoms with Crippen LogP contribution in [-0.4, -0.2) is 24.4 Å². The van der Waals surface area contributed by atoms with Crippen molar-refractivity contribution in [2.75, 3.05) is 0 Å². The van der Waals surface area contributed by atoms with E-state index in [1.165, 1.54) is 5.56 Å². The van der Waals surface area contributed by atoms with E-state index in [4.69, 9.17) is 5.73 Å². The molecule has 0 aromatic heterocycles. The summed E-state index contributed by atoms with van der Waals surface area (Å²) >= 11 is 0. The minimum atomic E-state index is -2.28. The highest BCUT2D eigenvalue weighted by Crippen LogP contribution is 2.68. The molecule has 0 aliphatic heterocycles. The standard InChI is InChI=1S/C24H32F2N2O/c25-21(26)20-15-10-23(17-4-2-1-3-5-17)11-16(20)13-24(12-15,14-23)22(29)28-19-8-6-18(27)7-9-19/h1-5,15-16,18-21H,6-14,27H2,(H,28,29). The van der Waals surface area contributed by atoms with Gasteiger partial charge in [0.2, 0.25) is 12.3 Å². The van der Waals surface area contributed by atoms with Crippen LogP contribution in [0.2, 0.25) is 0 Å². The topological polar surface area (TPSA) is 55.1 Å². The van der Waals surface area contributed by atoms with E-state index in [0.29, 0.717) is 12.8 Å². The van der Waals surface area contributed by atoms with Crippen LogP contribution in [0.1, 0.15) is 63.4 Å². The van der Waals surface area contributed by atoms with Gasteiger partial charge in [0.05, 0.1) is 5.41 Å². The SMILES string of the molecule is NC1CCC(NC(=O)C23CC4CC(c5ccccc5)(CC(C2)C4C(F)F)C3)CC1. The molecule has 3 N–H and O–H groups in total. The van der Waals surface area contributed by atoms with E-state index in [1.54, 1.807) is 0 Å². The molecule has 29 heavy (non-hydrogen) atoms. The first kappa shape index (κ1) is 19.5. The maximum Gasteiger partial charge on any atom is 0.241 e. The Labute approximate surface area is 171 Å². The lowest BCUT2D eigenvalue weighted by Crippen LogP contribution is -2.63. The molecule has 5 aliphatic rings. The van der Waals surface area contributed by atoms with Crippen molar-refractivity contribution in [3.05, 3.63) is 35.9 Å². The molecule has 5 saturated carbocycles. The second-order valence-electron chi connectivity index (χ2n) is 10.4. The molecular formula is C24H32F2N2O. The van der Waals surface area contributed by atoms with Gasteiger partial charge in [-0.15, -0.1) is 0 Å². The molecule has 0 saturated heterocycles. The molecule has 0 heterocycles. The summed E-state index contributed by atoms with van der Waals surface area (Å²) in [6.45, 7) is 0. The van der Waals surface area contributed by atoms with E-state index >= 15 is 0 Å². The van der Waals surface area contributed by atoms with Gasteiger partial charge in [-0.25, -0.2) is 8.78 Å². The summed E-state index contributed by atoms with van der Waals surface area (Å²) in [7, 11) is 0. The van der Waals surface area contributed by atoms with Crippen molar-refractivity contribution in [1.82, 2.24) is 5.32 Å². The molecule has 5 heteroatoms. The number of halogens is 2. The van der Waals surface area contributed by atoms with Gasteiger partial charge in [0.25, 0.3) is 0 Å². The molecule has 2 unspecified atom stereocenters. The number of carbonyl (C=O) groups is 1. The average Bonchev–Trinajstić information content (AvgIpc) is 2.69. The van der Waals surface area contributed by atoms with Crippen LogP contribution in [0.5, 0.6) is 0 Å². The van der Waals surface area contributed by atoms with Crippen molar-refractivity contribution in [2.24, 2.45) is 28.9 Å². The number of nitrogens with two attached hydrogens (primary N) is 1. The third-order valence-corrected chi connectivity index (χ3v) is 8.64. The molecule has 6 rings (SSSR count). The zero-order valence-electron chi connectivity index (χ0n) is 17.0. The summed E-state index contributed by atoms with van der Waals surface area (Å²) in [5.41, 5.74) is 6.65. The molecule has 0 spiro atoms. The van der Waals surface area contributed by atoms with Gasteiger partial charge in [0.1, 0.15) is 0 Å². The van der Waals surface area contributed by atoms with E-state index in [-0.39, 0.29) is 35.2 Å². The van der Waals surface area contributed by atoms with Gasteiger partial charge in [-0.2, -0.15) is 0 Å². The first-order chi connectivity index (χ1) is 13.9. The second-order valence-corrected chi connectivity index (χ2v) is 10.4. The summed E-state index contributed by atoms with van der Waals surface area (Å²) in [4.78, 5) is 13.6. The van der Waals surface area contributed by atoms with Crippen LogP contribution in [-0.2, 0) is 10.2 Å². The van der Waals surface area contributed by atoms with Crippen molar-refractivity contribution in [2.45, 2.75) is 81.7 Å². The van der Waals surface area contributed by atoms with Crippen LogP contribution in [0.4, 0.5) is 8.78 Å². The summed E-state index contributed by atoms with van der Waals surface area (Å²) in [6.07, 6.45) is 5.15. The number of alkyl halides is 2. The molecule has 5 fully saturated rings. The minimum Gasteiger partial charge on any atom is -0.353 e. The Morgan fingerprint density at radius 1 is 1.00 bits per heavy atom. The maximum atomic E-state index is 13.9. The van der Waals surface area contributed by atoms with E-state index in [1.807, 2.05) is 18.2 Å². The number of carbonyl (C=O) groups excluding carboxylic acids is 1. The van der Waals surface area contributed by atoms with Gasteiger partial charge >= 0.3 is 0 Å². The normalized spacial score (nSPS) is 43.5. The molecule has 4 bridgehead atoms. The summed E-state index contributed by atoms with van der Waals surface area (Å²) < 4.78 is 27.9. The molecule has 2 atom stereocenters. The molecule has 1 amide bonds. The molecule has 158 valence electrons. The van der Waals surface area contributed by atoms with Crippen molar-refractivity contribution in [3.63, 3.8) is 0 Å². The predicted molar refractivity (Wildman–Crippen MR) is 108 cm³/mol. The quantitative estimate of drug-likeness (QED) is 0.784. The summed E-state index contributed by atoms with van der Waals surface area (Å²) in [5.74, 6) is -0.523. The predicted octanol–water partition coefficient (Wildman–Crippen LogP) is 4.40. The van der Waals surface area contributed by atoms with Crippen LogP contribution in [0.15, 0.2) is 30.3 Å². The Morgan fingerprint density at radius 3 is 2.21 bits per heavy atom. The third-order valence-electron chi connectivity index (χ3n) is 8.64. The van der Waals surface area contributed by atoms with Crippen LogP contribution >= 0.6 is 0 Å². The van der Waals surface area contributed by atoms with Gasteiger partial charge < -0.3 is 11.1 Å². The molecular weight excluding hydrogens is 370 g/mol. The number of nitrogens with one attached hydrogen (secondary N) is 1. The van der Waals surface area contributed by atoms with Gasteiger partial charge in [-0.05, 0) is 80.6 Å². The highest BCUT2D eigenvalue weighted by molar-refractivity contribution is 5.84. The zero-order chi connectivity index (χ0) is 20.2. The van der Waals surface area contributed by atoms with E-state index in [2.05, 4.69) is 17.4 Å². The molecule has 5 aliphatic carbocycles. The number of benzene rings is 1. The Hall–Kier alpha value is -1.49. The number of hydrogen-bond donors (Lipinski definition) is 2. The second kappa shape index (κ2) is 7.04. The lowest BCUT2D eigenvalue weighted by molar-refractivity contribution is -0.172. The lowest BCUT2D eigenvalue weighted by Gasteiger charge is -2.64. The number of hydrogen-bond acceptors (Lipinski definition) is 2. The smallest absolute Gasteiger partial charge is 0.241 e. The molecule has 3 nitrogen and oxygen atoms in total. The van der Waals surface area contributed by atoms with Crippen molar-refractivity contribution in [3.8, 4) is 0 Å². The van der Waals surface area contributed by atoms with E-state index in [9.17, 15) is 13.6 Å². The van der Waals surface area contributed by atoms with Gasteiger partial charge in [-0.3, -0.25) is 4.79 Å². The largest absolute Gasteiger partial charge is 0.353 e. The number of amides is 1. The van der Waals surface area contributed by atoms with Crippen molar-refractivity contribution in [1.29, 1.82) is 0 Å². The van der Waals surface area contributed by atoms with Gasteiger partial charge in [-0.1, -0.05) is 30.3 Å². The monoisotopic (exact) mass is 402 g/mol. The van der Waals surface area contributed by atoms with Crippen molar-refractivity contribution < 1.29 is 13.6 Å².